The van der Waals surface area contributed by atoms with Crippen molar-refractivity contribution in [3.63, 3.8) is 0 Å². The number of carbonyl (C=O) groups excluding carboxylic acids is 1. The number of amides is 1. The van der Waals surface area contributed by atoms with Crippen molar-refractivity contribution in [2.24, 2.45) is 0 Å². The molecule has 1 atom stereocenters. The van der Waals surface area contributed by atoms with Crippen molar-refractivity contribution < 1.29 is 9.18 Å². The zero-order valence-electron chi connectivity index (χ0n) is 10.9. The van der Waals surface area contributed by atoms with E-state index in [0.717, 1.165) is 31.1 Å². The summed E-state index contributed by atoms with van der Waals surface area (Å²) >= 11 is 1.36. The Morgan fingerprint density at radius 2 is 2.16 bits per heavy atom. The van der Waals surface area contributed by atoms with Gasteiger partial charge in [0.15, 0.2) is 0 Å². The van der Waals surface area contributed by atoms with Gasteiger partial charge in [-0.15, -0.1) is 11.8 Å². The van der Waals surface area contributed by atoms with E-state index in [1.165, 1.54) is 23.9 Å². The largest absolute Gasteiger partial charge is 0.396 e. The fourth-order valence-corrected chi connectivity index (χ4v) is 2.95. The average molecular weight is 283 g/mol. The highest BCUT2D eigenvalue weighted by atomic mass is 32.2. The molecule has 1 heterocycles. The van der Waals surface area contributed by atoms with Gasteiger partial charge in [0, 0.05) is 31.1 Å². The molecule has 1 fully saturated rings. The second kappa shape index (κ2) is 6.25. The summed E-state index contributed by atoms with van der Waals surface area (Å²) in [5.41, 5.74) is 5.56. The molecule has 0 saturated carbocycles. The maximum atomic E-state index is 13.3. The summed E-state index contributed by atoms with van der Waals surface area (Å²) in [6.07, 6.45) is 0. The first-order chi connectivity index (χ1) is 9.08. The normalized spacial score (nSPS) is 17.3. The lowest BCUT2D eigenvalue weighted by Gasteiger charge is -2.29. The van der Waals surface area contributed by atoms with Gasteiger partial charge in [-0.25, -0.2) is 4.39 Å². The number of nitrogens with zero attached hydrogens (tertiary/aromatic N) is 1. The third-order valence-electron chi connectivity index (χ3n) is 3.06. The predicted molar refractivity (Wildman–Crippen MR) is 75.6 cm³/mol. The lowest BCUT2D eigenvalue weighted by atomic mass is 10.3. The Bertz CT molecular complexity index is 463. The predicted octanol–water partition coefficient (Wildman–Crippen LogP) is 1.32. The number of nitrogen functional groups attached to an aromatic ring is 1. The van der Waals surface area contributed by atoms with E-state index >= 15 is 0 Å². The van der Waals surface area contributed by atoms with Gasteiger partial charge in [0.25, 0.3) is 0 Å². The van der Waals surface area contributed by atoms with Crippen LogP contribution in [0.1, 0.15) is 6.92 Å². The average Bonchev–Trinajstić information content (AvgIpc) is 2.43. The lowest BCUT2D eigenvalue weighted by molar-refractivity contribution is -0.130. The van der Waals surface area contributed by atoms with Crippen LogP contribution in [0.4, 0.5) is 10.1 Å². The summed E-state index contributed by atoms with van der Waals surface area (Å²) < 4.78 is 13.3. The van der Waals surface area contributed by atoms with Crippen molar-refractivity contribution in [3.8, 4) is 0 Å². The summed E-state index contributed by atoms with van der Waals surface area (Å²) in [6.45, 7) is 4.99. The van der Waals surface area contributed by atoms with Crippen LogP contribution < -0.4 is 11.1 Å². The highest BCUT2D eigenvalue weighted by Crippen LogP contribution is 2.27. The monoisotopic (exact) mass is 283 g/mol. The minimum Gasteiger partial charge on any atom is -0.396 e. The number of anilines is 1. The van der Waals surface area contributed by atoms with Crippen LogP contribution in [0.3, 0.4) is 0 Å². The number of carbonyl (C=O) groups is 1. The molecular weight excluding hydrogens is 265 g/mol. The zero-order valence-corrected chi connectivity index (χ0v) is 11.7. The molecule has 3 N–H and O–H groups in total. The summed E-state index contributed by atoms with van der Waals surface area (Å²) in [7, 11) is 0. The molecule has 0 spiro atoms. The van der Waals surface area contributed by atoms with Crippen molar-refractivity contribution in [2.75, 3.05) is 31.9 Å². The van der Waals surface area contributed by atoms with Crippen LogP contribution >= 0.6 is 11.8 Å². The number of nitrogens with one attached hydrogen (secondary N) is 1. The molecule has 1 aliphatic rings. The molecule has 0 aliphatic carbocycles. The van der Waals surface area contributed by atoms with Gasteiger partial charge >= 0.3 is 0 Å². The van der Waals surface area contributed by atoms with E-state index in [0.29, 0.717) is 0 Å². The number of benzene rings is 1. The van der Waals surface area contributed by atoms with E-state index in [2.05, 4.69) is 5.32 Å². The minimum absolute atomic E-state index is 0.101. The molecule has 1 saturated heterocycles. The third-order valence-corrected chi connectivity index (χ3v) is 4.14. The molecule has 1 aromatic carbocycles. The standard InChI is InChI=1S/C13H18FN3OS/c1-9(13(18)17-6-4-16-5-7-17)19-10-2-3-12(15)11(14)8-10/h2-3,8-9,16H,4-7,15H2,1H3. The molecule has 4 nitrogen and oxygen atoms in total. The molecule has 6 heteroatoms. The first kappa shape index (κ1) is 14.1. The maximum absolute atomic E-state index is 13.3. The SMILES string of the molecule is CC(Sc1ccc(N)c(F)c1)C(=O)N1CCNCC1. The Morgan fingerprint density at radius 1 is 1.47 bits per heavy atom. The Kier molecular flexibility index (Phi) is 4.66. The van der Waals surface area contributed by atoms with Crippen LogP contribution in [-0.4, -0.2) is 42.2 Å². The van der Waals surface area contributed by atoms with E-state index in [4.69, 9.17) is 5.73 Å². The molecule has 1 unspecified atom stereocenters. The summed E-state index contributed by atoms with van der Waals surface area (Å²) in [5, 5.41) is 2.99. The molecule has 104 valence electrons. The molecular formula is C13H18FN3OS. The number of piperazine rings is 1. The molecule has 1 aliphatic heterocycles. The number of halogens is 1. The van der Waals surface area contributed by atoms with Crippen LogP contribution in [0.5, 0.6) is 0 Å². The van der Waals surface area contributed by atoms with Crippen LogP contribution in [-0.2, 0) is 4.79 Å². The smallest absolute Gasteiger partial charge is 0.235 e. The number of nitrogens with two attached hydrogens (primary N) is 1. The lowest BCUT2D eigenvalue weighted by Crippen LogP contribution is -2.48. The Morgan fingerprint density at radius 3 is 2.79 bits per heavy atom. The van der Waals surface area contributed by atoms with Crippen LogP contribution in [0.25, 0.3) is 0 Å². The third kappa shape index (κ3) is 3.61. The van der Waals surface area contributed by atoms with Gasteiger partial charge in [-0.05, 0) is 25.1 Å². The zero-order chi connectivity index (χ0) is 13.8. The van der Waals surface area contributed by atoms with Crippen LogP contribution in [0.2, 0.25) is 0 Å². The Hall–Kier alpha value is -1.27. The van der Waals surface area contributed by atoms with Crippen molar-refractivity contribution in [3.05, 3.63) is 24.0 Å². The summed E-state index contributed by atoms with van der Waals surface area (Å²) in [4.78, 5) is 14.8. The second-order valence-corrected chi connectivity index (χ2v) is 5.93. The van der Waals surface area contributed by atoms with Gasteiger partial charge in [-0.2, -0.15) is 0 Å². The highest BCUT2D eigenvalue weighted by molar-refractivity contribution is 8.00. The topological polar surface area (TPSA) is 58.4 Å². The highest BCUT2D eigenvalue weighted by Gasteiger charge is 2.22. The molecule has 1 amide bonds. The van der Waals surface area contributed by atoms with Gasteiger partial charge in [0.05, 0.1) is 10.9 Å². The van der Waals surface area contributed by atoms with E-state index in [-0.39, 0.29) is 16.8 Å². The maximum Gasteiger partial charge on any atom is 0.235 e. The van der Waals surface area contributed by atoms with E-state index in [1.807, 2.05) is 11.8 Å². The van der Waals surface area contributed by atoms with Crippen LogP contribution in [0.15, 0.2) is 23.1 Å². The van der Waals surface area contributed by atoms with Crippen molar-refractivity contribution in [2.45, 2.75) is 17.1 Å². The van der Waals surface area contributed by atoms with Gasteiger partial charge in [0.1, 0.15) is 5.82 Å². The van der Waals surface area contributed by atoms with Crippen molar-refractivity contribution >= 4 is 23.4 Å². The quantitative estimate of drug-likeness (QED) is 0.649. The Labute approximate surface area is 116 Å². The number of thioether (sulfide) groups is 1. The van der Waals surface area contributed by atoms with Gasteiger partial charge < -0.3 is 16.0 Å². The molecule has 19 heavy (non-hydrogen) atoms. The summed E-state index contributed by atoms with van der Waals surface area (Å²) in [5.74, 6) is -0.337. The van der Waals surface area contributed by atoms with Crippen LogP contribution in [0, 0.1) is 5.82 Å². The van der Waals surface area contributed by atoms with Gasteiger partial charge in [-0.1, -0.05) is 0 Å². The number of hydrogen-bond donors (Lipinski definition) is 2. The minimum atomic E-state index is -0.438. The molecule has 1 aromatic rings. The molecule has 0 aromatic heterocycles. The van der Waals surface area contributed by atoms with Gasteiger partial charge in [-0.3, -0.25) is 4.79 Å². The first-order valence-corrected chi connectivity index (χ1v) is 7.17. The number of hydrogen-bond acceptors (Lipinski definition) is 4. The Balaban J connectivity index is 1.97. The molecule has 0 bridgehead atoms. The molecule has 2 rings (SSSR count). The molecule has 0 radical (unpaired) electrons. The van der Waals surface area contributed by atoms with E-state index in [9.17, 15) is 9.18 Å². The van der Waals surface area contributed by atoms with Gasteiger partial charge in [0.2, 0.25) is 5.91 Å². The van der Waals surface area contributed by atoms with E-state index < -0.39 is 5.82 Å². The number of rotatable bonds is 3. The van der Waals surface area contributed by atoms with E-state index in [1.54, 1.807) is 6.07 Å². The van der Waals surface area contributed by atoms with Crippen molar-refractivity contribution in [1.29, 1.82) is 0 Å². The fourth-order valence-electron chi connectivity index (χ4n) is 1.98. The fraction of sp³-hybridized carbons (Fsp3) is 0.462. The first-order valence-electron chi connectivity index (χ1n) is 6.29. The van der Waals surface area contributed by atoms with Crippen molar-refractivity contribution in [1.82, 2.24) is 10.2 Å². The second-order valence-electron chi connectivity index (χ2n) is 4.52. The summed E-state index contributed by atoms with van der Waals surface area (Å²) in [6, 6.07) is 4.64.